The highest BCUT2D eigenvalue weighted by atomic mass is 127. The van der Waals surface area contributed by atoms with Gasteiger partial charge in [0.05, 0.1) is 5.41 Å². The Kier molecular flexibility index (Phi) is 10.3. The van der Waals surface area contributed by atoms with Gasteiger partial charge < -0.3 is 33.7 Å². The number of carbonyl (C=O) groups excluding carboxylic acids is 3. The zero-order valence-electron chi connectivity index (χ0n) is 26.3. The number of nitrogens with zero attached hydrogens (tertiary/aromatic N) is 3. The first-order valence-corrected chi connectivity index (χ1v) is 15.2. The molecule has 0 spiro atoms. The summed E-state index contributed by atoms with van der Waals surface area (Å²) in [6, 6.07) is 17.1. The first-order chi connectivity index (χ1) is 20.5. The second-order valence-electron chi connectivity index (χ2n) is 12.5. The molecule has 0 saturated carbocycles. The zero-order chi connectivity index (χ0) is 30.8. The Morgan fingerprint density at radius 1 is 0.864 bits per heavy atom. The van der Waals surface area contributed by atoms with Crippen molar-refractivity contribution in [1.82, 2.24) is 5.06 Å². The lowest BCUT2D eigenvalue weighted by Crippen LogP contribution is -3.00. The minimum atomic E-state index is -0.538. The number of rotatable bonds is 10. The van der Waals surface area contributed by atoms with E-state index in [2.05, 4.69) is 123 Å². The van der Waals surface area contributed by atoms with Crippen LogP contribution < -0.4 is 28.9 Å². The van der Waals surface area contributed by atoms with Gasteiger partial charge in [-0.1, -0.05) is 74.9 Å². The lowest BCUT2D eigenvalue weighted by Gasteiger charge is -2.27. The lowest BCUT2D eigenvalue weighted by atomic mass is 9.81. The van der Waals surface area contributed by atoms with Gasteiger partial charge in [-0.3, -0.25) is 9.59 Å². The highest BCUT2D eigenvalue weighted by Gasteiger charge is 2.42. The number of hydrogen-bond acceptors (Lipinski definition) is 5. The Hall–Kier alpha value is -3.53. The molecule has 5 rings (SSSR count). The molecular weight excluding hydrogens is 665 g/mol. The van der Waals surface area contributed by atoms with Gasteiger partial charge in [0.1, 0.15) is 7.05 Å². The number of carbonyl (C=O) groups is 3. The summed E-state index contributed by atoms with van der Waals surface area (Å²) in [6.07, 6.45) is 13.5. The third kappa shape index (κ3) is 6.46. The third-order valence-electron chi connectivity index (χ3n) is 8.93. The van der Waals surface area contributed by atoms with Crippen molar-refractivity contribution in [2.24, 2.45) is 0 Å². The molecule has 8 heteroatoms. The molecule has 0 aromatic heterocycles. The molecule has 1 saturated heterocycles. The van der Waals surface area contributed by atoms with Gasteiger partial charge in [-0.25, -0.2) is 4.79 Å². The van der Waals surface area contributed by atoms with Crippen LogP contribution in [0, 0.1) is 0 Å². The number of para-hydroxylation sites is 2. The summed E-state index contributed by atoms with van der Waals surface area (Å²) in [5.41, 5.74) is 7.43. The maximum absolute atomic E-state index is 12.2. The molecule has 2 amide bonds. The van der Waals surface area contributed by atoms with E-state index in [-0.39, 0.29) is 54.1 Å². The van der Waals surface area contributed by atoms with E-state index in [9.17, 15) is 14.4 Å². The highest BCUT2D eigenvalue weighted by molar-refractivity contribution is 6.03. The van der Waals surface area contributed by atoms with Gasteiger partial charge in [0.15, 0.2) is 5.71 Å². The van der Waals surface area contributed by atoms with E-state index in [1.54, 1.807) is 0 Å². The molecule has 0 radical (unpaired) electrons. The van der Waals surface area contributed by atoms with E-state index in [0.717, 1.165) is 19.4 Å². The monoisotopic (exact) mass is 707 g/mol. The van der Waals surface area contributed by atoms with Gasteiger partial charge in [0, 0.05) is 60.3 Å². The summed E-state index contributed by atoms with van der Waals surface area (Å²) in [5.74, 6) is -1.43. The van der Waals surface area contributed by atoms with Crippen LogP contribution in [0.25, 0.3) is 0 Å². The van der Waals surface area contributed by atoms with Crippen molar-refractivity contribution in [3.63, 3.8) is 0 Å². The van der Waals surface area contributed by atoms with Crippen LogP contribution in [0.15, 0.2) is 84.6 Å². The predicted octanol–water partition coefficient (Wildman–Crippen LogP) is 3.66. The smallest absolute Gasteiger partial charge is 0.333 e. The number of fused-ring (bicyclic) bond motifs is 2. The van der Waals surface area contributed by atoms with E-state index in [1.807, 2.05) is 0 Å². The molecule has 2 aromatic rings. The van der Waals surface area contributed by atoms with E-state index >= 15 is 0 Å². The Labute approximate surface area is 277 Å². The molecule has 2 aromatic carbocycles. The quantitative estimate of drug-likeness (QED) is 0.124. The molecule has 3 aliphatic rings. The van der Waals surface area contributed by atoms with Crippen LogP contribution in [0.5, 0.6) is 0 Å². The molecule has 0 bridgehead atoms. The van der Waals surface area contributed by atoms with E-state index in [4.69, 9.17) is 4.84 Å². The number of allylic oxidation sites excluding steroid dienone is 6. The normalized spacial score (nSPS) is 19.3. The molecule has 0 unspecified atom stereocenters. The van der Waals surface area contributed by atoms with Crippen molar-refractivity contribution < 1.29 is 47.8 Å². The largest absolute Gasteiger partial charge is 1.00 e. The minimum absolute atomic E-state index is 0. The van der Waals surface area contributed by atoms with Crippen LogP contribution >= 0.6 is 0 Å². The average Bonchev–Trinajstić information content (AvgIpc) is 3.48. The van der Waals surface area contributed by atoms with Crippen molar-refractivity contribution in [3.8, 4) is 0 Å². The summed E-state index contributed by atoms with van der Waals surface area (Å²) >= 11 is 0. The standard InChI is InChI=1S/C36H42N3O4.HI/c1-35(2)26-16-11-13-18-28(26)37(5)30(35)20-8-6-9-21-31-36(3,4)27-17-12-14-19-29(27)38(31)25-15-7-10-22-34(42)43-39-32(40)23-24-33(39)41;/h6,8-9,11-14,16-21H,7,10,15,22-25H2,1-5H3;1H/q+1;/p-1. The van der Waals surface area contributed by atoms with Gasteiger partial charge in [0.25, 0.3) is 11.8 Å². The summed E-state index contributed by atoms with van der Waals surface area (Å²) in [7, 11) is 2.13. The van der Waals surface area contributed by atoms with Crippen molar-refractivity contribution in [2.75, 3.05) is 18.5 Å². The van der Waals surface area contributed by atoms with Crippen molar-refractivity contribution in [3.05, 3.63) is 95.7 Å². The van der Waals surface area contributed by atoms with Crippen LogP contribution in [-0.2, 0) is 30.1 Å². The fourth-order valence-corrected chi connectivity index (χ4v) is 6.56. The van der Waals surface area contributed by atoms with Gasteiger partial charge in [-0.15, -0.1) is 5.06 Å². The van der Waals surface area contributed by atoms with Gasteiger partial charge in [-0.05, 0) is 44.4 Å². The van der Waals surface area contributed by atoms with Crippen molar-refractivity contribution in [2.45, 2.75) is 77.0 Å². The van der Waals surface area contributed by atoms with Crippen LogP contribution in [0.2, 0.25) is 0 Å². The number of hydrogen-bond donors (Lipinski definition) is 0. The SMILES string of the molecule is C[N+]1=C(C=CC=CC=C2N(CCCCCC(=O)ON3C(=O)CCC3=O)c3ccccc3C2(C)C)C(C)(C)c2ccccc21.[I-]. The maximum Gasteiger partial charge on any atom is 0.333 e. The number of halogens is 1. The van der Waals surface area contributed by atoms with E-state index in [0.29, 0.717) is 11.5 Å². The molecule has 7 nitrogen and oxygen atoms in total. The summed E-state index contributed by atoms with van der Waals surface area (Å²) in [5, 5.41) is 0.621. The Morgan fingerprint density at radius 3 is 2.23 bits per heavy atom. The van der Waals surface area contributed by atoms with Gasteiger partial charge in [-0.2, -0.15) is 4.58 Å². The summed E-state index contributed by atoms with van der Waals surface area (Å²) in [6.45, 7) is 9.90. The predicted molar refractivity (Wildman–Crippen MR) is 169 cm³/mol. The Balaban J connectivity index is 0.00000442. The van der Waals surface area contributed by atoms with Crippen LogP contribution in [0.4, 0.5) is 11.4 Å². The summed E-state index contributed by atoms with van der Waals surface area (Å²) in [4.78, 5) is 42.9. The number of anilines is 1. The number of benzene rings is 2. The van der Waals surface area contributed by atoms with Gasteiger partial charge >= 0.3 is 5.97 Å². The summed E-state index contributed by atoms with van der Waals surface area (Å²) < 4.78 is 2.28. The van der Waals surface area contributed by atoms with Crippen LogP contribution in [0.3, 0.4) is 0 Å². The second-order valence-corrected chi connectivity index (χ2v) is 12.5. The zero-order valence-corrected chi connectivity index (χ0v) is 28.5. The van der Waals surface area contributed by atoms with Crippen molar-refractivity contribution >= 4 is 34.9 Å². The van der Waals surface area contributed by atoms with Crippen LogP contribution in [0.1, 0.15) is 77.3 Å². The molecule has 1 fully saturated rings. The van der Waals surface area contributed by atoms with Crippen LogP contribution in [-0.4, -0.2) is 46.7 Å². The number of hydroxylamine groups is 2. The van der Waals surface area contributed by atoms with Crippen molar-refractivity contribution in [1.29, 1.82) is 0 Å². The average molecular weight is 708 g/mol. The maximum atomic E-state index is 12.2. The molecule has 0 N–H and O–H groups in total. The Morgan fingerprint density at radius 2 is 1.52 bits per heavy atom. The fourth-order valence-electron chi connectivity index (χ4n) is 6.56. The molecule has 3 aliphatic heterocycles. The highest BCUT2D eigenvalue weighted by Crippen LogP contribution is 2.47. The third-order valence-corrected chi connectivity index (χ3v) is 8.93. The number of imide groups is 1. The first kappa shape index (κ1) is 33.4. The first-order valence-electron chi connectivity index (χ1n) is 15.2. The minimum Gasteiger partial charge on any atom is -1.00 e. The topological polar surface area (TPSA) is 69.9 Å². The lowest BCUT2D eigenvalue weighted by molar-refractivity contribution is -0.401. The molecule has 0 atom stereocenters. The Bertz CT molecular complexity index is 1550. The molecule has 232 valence electrons. The molecule has 3 heterocycles. The number of amides is 2. The fraction of sp³-hybridized carbons (Fsp3) is 0.389. The van der Waals surface area contributed by atoms with E-state index in [1.165, 1.54) is 33.9 Å². The second kappa shape index (κ2) is 13.6. The molecular formula is C36H42IN3O4. The number of unbranched alkanes of at least 4 members (excludes halogenated alkanes) is 2. The van der Waals surface area contributed by atoms with Gasteiger partial charge in [0.2, 0.25) is 5.69 Å². The molecule has 44 heavy (non-hydrogen) atoms. The molecule has 0 aliphatic carbocycles. The van der Waals surface area contributed by atoms with E-state index < -0.39 is 17.8 Å².